The van der Waals surface area contributed by atoms with Gasteiger partial charge in [-0.2, -0.15) is 0 Å². The summed E-state index contributed by atoms with van der Waals surface area (Å²) in [4.78, 5) is 11.7. The molecule has 0 N–H and O–H groups in total. The van der Waals surface area contributed by atoms with Crippen molar-refractivity contribution in [2.45, 2.75) is 51.4 Å². The zero-order valence-electron chi connectivity index (χ0n) is 14.8. The first-order valence-corrected chi connectivity index (χ1v) is 8.17. The van der Waals surface area contributed by atoms with Gasteiger partial charge in [0.15, 0.2) is 0 Å². The molecule has 5 nitrogen and oxygen atoms in total. The SMILES string of the molecule is COc1ccc(O[C@@H](C/C=C/C(=O)OC(C)(C)C)C[C@@H]2CO2)cc1. The van der Waals surface area contributed by atoms with Gasteiger partial charge in [0.1, 0.15) is 23.2 Å². The summed E-state index contributed by atoms with van der Waals surface area (Å²) in [6.07, 6.45) is 4.87. The van der Waals surface area contributed by atoms with Crippen LogP contribution in [-0.2, 0) is 14.3 Å². The maximum atomic E-state index is 11.7. The van der Waals surface area contributed by atoms with E-state index in [0.717, 1.165) is 24.5 Å². The molecule has 0 bridgehead atoms. The number of hydrogen-bond acceptors (Lipinski definition) is 5. The fourth-order valence-corrected chi connectivity index (χ4v) is 2.19. The van der Waals surface area contributed by atoms with Crippen LogP contribution in [0.25, 0.3) is 0 Å². The molecule has 0 unspecified atom stereocenters. The molecule has 1 heterocycles. The molecule has 0 saturated carbocycles. The minimum Gasteiger partial charge on any atom is -0.497 e. The molecule has 1 aromatic rings. The van der Waals surface area contributed by atoms with Gasteiger partial charge in [0.25, 0.3) is 0 Å². The standard InChI is InChI=1S/C19H26O5/c1-19(2,3)24-18(20)7-5-6-16(12-17-13-22-17)23-15-10-8-14(21-4)9-11-15/h5,7-11,16-17H,6,12-13H2,1-4H3/b7-5+/t16-,17+/m0/s1. The molecule has 1 aliphatic rings. The van der Waals surface area contributed by atoms with Crippen molar-refractivity contribution in [2.75, 3.05) is 13.7 Å². The summed E-state index contributed by atoms with van der Waals surface area (Å²) in [7, 11) is 1.63. The second-order valence-corrected chi connectivity index (χ2v) is 6.78. The van der Waals surface area contributed by atoms with E-state index in [9.17, 15) is 4.79 Å². The average Bonchev–Trinajstić information content (AvgIpc) is 3.30. The second-order valence-electron chi connectivity index (χ2n) is 6.78. The number of carbonyl (C=O) groups excluding carboxylic acids is 1. The van der Waals surface area contributed by atoms with E-state index in [1.807, 2.05) is 45.0 Å². The van der Waals surface area contributed by atoms with Crippen LogP contribution >= 0.6 is 0 Å². The predicted octanol–water partition coefficient (Wildman–Crippen LogP) is 3.52. The van der Waals surface area contributed by atoms with Crippen LogP contribution in [-0.4, -0.2) is 37.5 Å². The summed E-state index contributed by atoms with van der Waals surface area (Å²) < 4.78 is 21.7. The number of rotatable bonds is 8. The van der Waals surface area contributed by atoms with E-state index in [0.29, 0.717) is 6.42 Å². The highest BCUT2D eigenvalue weighted by atomic mass is 16.6. The fraction of sp³-hybridized carbons (Fsp3) is 0.526. The van der Waals surface area contributed by atoms with Crippen LogP contribution in [0.2, 0.25) is 0 Å². The lowest BCUT2D eigenvalue weighted by molar-refractivity contribution is -0.148. The Balaban J connectivity index is 1.88. The van der Waals surface area contributed by atoms with E-state index in [1.54, 1.807) is 13.2 Å². The quantitative estimate of drug-likeness (QED) is 0.414. The minimum atomic E-state index is -0.484. The van der Waals surface area contributed by atoms with Crippen LogP contribution in [0.4, 0.5) is 0 Å². The summed E-state index contributed by atoms with van der Waals surface area (Å²) in [6.45, 7) is 6.31. The molecule has 0 spiro atoms. The molecule has 1 fully saturated rings. The lowest BCUT2D eigenvalue weighted by atomic mass is 10.1. The van der Waals surface area contributed by atoms with Crippen molar-refractivity contribution < 1.29 is 23.7 Å². The minimum absolute atomic E-state index is 0.0513. The highest BCUT2D eigenvalue weighted by molar-refractivity contribution is 5.82. The maximum absolute atomic E-state index is 11.7. The normalized spacial score (nSPS) is 18.2. The number of ether oxygens (including phenoxy) is 4. The molecule has 0 aromatic heterocycles. The number of epoxide rings is 1. The molecular formula is C19H26O5. The summed E-state index contributed by atoms with van der Waals surface area (Å²) in [6, 6.07) is 7.46. The van der Waals surface area contributed by atoms with Gasteiger partial charge < -0.3 is 18.9 Å². The second kappa shape index (κ2) is 8.20. The highest BCUT2D eigenvalue weighted by Gasteiger charge is 2.27. The first kappa shape index (κ1) is 18.3. The maximum Gasteiger partial charge on any atom is 0.330 e. The van der Waals surface area contributed by atoms with Gasteiger partial charge in [-0.3, -0.25) is 0 Å². The van der Waals surface area contributed by atoms with Crippen molar-refractivity contribution in [1.82, 2.24) is 0 Å². The zero-order valence-corrected chi connectivity index (χ0v) is 14.8. The summed E-state index contributed by atoms with van der Waals surface area (Å²) in [5, 5.41) is 0. The van der Waals surface area contributed by atoms with Gasteiger partial charge in [0.2, 0.25) is 0 Å². The lowest BCUT2D eigenvalue weighted by Crippen LogP contribution is -2.22. The molecule has 5 heteroatoms. The van der Waals surface area contributed by atoms with E-state index >= 15 is 0 Å². The Morgan fingerprint density at radius 1 is 1.29 bits per heavy atom. The summed E-state index contributed by atoms with van der Waals surface area (Å²) >= 11 is 0. The van der Waals surface area contributed by atoms with Gasteiger partial charge in [-0.15, -0.1) is 0 Å². The Morgan fingerprint density at radius 2 is 1.92 bits per heavy atom. The number of carbonyl (C=O) groups is 1. The van der Waals surface area contributed by atoms with Crippen molar-refractivity contribution in [3.8, 4) is 11.5 Å². The topological polar surface area (TPSA) is 57.3 Å². The monoisotopic (exact) mass is 334 g/mol. The largest absolute Gasteiger partial charge is 0.497 e. The van der Waals surface area contributed by atoms with Crippen molar-refractivity contribution in [1.29, 1.82) is 0 Å². The summed E-state index contributed by atoms with van der Waals surface area (Å²) in [5.41, 5.74) is -0.484. The smallest absolute Gasteiger partial charge is 0.330 e. The van der Waals surface area contributed by atoms with E-state index in [2.05, 4.69) is 0 Å². The Bertz CT molecular complexity index is 552. The molecule has 132 valence electrons. The molecule has 0 aliphatic carbocycles. The fourth-order valence-electron chi connectivity index (χ4n) is 2.19. The molecule has 1 aliphatic heterocycles. The van der Waals surface area contributed by atoms with E-state index < -0.39 is 5.60 Å². The van der Waals surface area contributed by atoms with Crippen molar-refractivity contribution in [2.24, 2.45) is 0 Å². The van der Waals surface area contributed by atoms with Crippen molar-refractivity contribution >= 4 is 5.97 Å². The number of methoxy groups -OCH3 is 1. The van der Waals surface area contributed by atoms with E-state index in [-0.39, 0.29) is 18.2 Å². The first-order chi connectivity index (χ1) is 11.4. The van der Waals surface area contributed by atoms with Crippen LogP contribution in [0.15, 0.2) is 36.4 Å². The molecule has 0 radical (unpaired) electrons. The van der Waals surface area contributed by atoms with Crippen molar-refractivity contribution in [3.63, 3.8) is 0 Å². The van der Waals surface area contributed by atoms with Gasteiger partial charge in [-0.25, -0.2) is 4.79 Å². The van der Waals surface area contributed by atoms with Crippen LogP contribution < -0.4 is 9.47 Å². The Hall–Kier alpha value is -2.01. The molecule has 1 saturated heterocycles. The molecular weight excluding hydrogens is 308 g/mol. The average molecular weight is 334 g/mol. The molecule has 2 atom stereocenters. The Morgan fingerprint density at radius 3 is 2.46 bits per heavy atom. The number of hydrogen-bond donors (Lipinski definition) is 0. The Labute approximate surface area is 143 Å². The van der Waals surface area contributed by atoms with Crippen LogP contribution in [0.1, 0.15) is 33.6 Å². The van der Waals surface area contributed by atoms with Crippen LogP contribution in [0, 0.1) is 0 Å². The molecule has 2 rings (SSSR count). The summed E-state index contributed by atoms with van der Waals surface area (Å²) in [5.74, 6) is 1.22. The van der Waals surface area contributed by atoms with E-state index in [4.69, 9.17) is 18.9 Å². The van der Waals surface area contributed by atoms with E-state index in [1.165, 1.54) is 6.08 Å². The lowest BCUT2D eigenvalue weighted by Gasteiger charge is -2.19. The third-order valence-electron chi connectivity index (χ3n) is 3.35. The van der Waals surface area contributed by atoms with Gasteiger partial charge in [0.05, 0.1) is 19.8 Å². The predicted molar refractivity (Wildman–Crippen MR) is 91.4 cm³/mol. The molecule has 1 aromatic carbocycles. The number of esters is 1. The van der Waals surface area contributed by atoms with Gasteiger partial charge in [-0.05, 0) is 45.0 Å². The number of benzene rings is 1. The Kier molecular flexibility index (Phi) is 6.26. The van der Waals surface area contributed by atoms with Crippen LogP contribution in [0.5, 0.6) is 11.5 Å². The first-order valence-electron chi connectivity index (χ1n) is 8.17. The third-order valence-corrected chi connectivity index (χ3v) is 3.35. The van der Waals surface area contributed by atoms with Crippen molar-refractivity contribution in [3.05, 3.63) is 36.4 Å². The highest BCUT2D eigenvalue weighted by Crippen LogP contribution is 2.24. The molecule has 24 heavy (non-hydrogen) atoms. The van der Waals surface area contributed by atoms with Gasteiger partial charge in [0, 0.05) is 18.9 Å². The van der Waals surface area contributed by atoms with Gasteiger partial charge >= 0.3 is 5.97 Å². The zero-order chi connectivity index (χ0) is 17.6. The third kappa shape index (κ3) is 7.04. The van der Waals surface area contributed by atoms with Gasteiger partial charge in [-0.1, -0.05) is 6.08 Å². The molecule has 0 amide bonds. The van der Waals surface area contributed by atoms with Crippen LogP contribution in [0.3, 0.4) is 0 Å².